The number of halogens is 1. The highest BCUT2D eigenvalue weighted by atomic mass is 127. The maximum absolute atomic E-state index is 12.4. The predicted molar refractivity (Wildman–Crippen MR) is 89.3 cm³/mol. The van der Waals surface area contributed by atoms with Crippen molar-refractivity contribution in [3.05, 3.63) is 38.9 Å². The first-order valence-electron chi connectivity index (χ1n) is 6.94. The third kappa shape index (κ3) is 3.09. The van der Waals surface area contributed by atoms with E-state index in [9.17, 15) is 4.79 Å². The molecule has 0 bridgehead atoms. The number of fused-ring (bicyclic) bond motifs is 1. The highest BCUT2D eigenvalue weighted by Gasteiger charge is 2.31. The van der Waals surface area contributed by atoms with Crippen molar-refractivity contribution in [2.45, 2.75) is 33.1 Å². The maximum atomic E-state index is 12.4. The third-order valence-electron chi connectivity index (χ3n) is 3.84. The molecular weight excluding hydrogens is 379 g/mol. The van der Waals surface area contributed by atoms with Gasteiger partial charge in [0.25, 0.3) is 5.91 Å². The minimum absolute atomic E-state index is 0.195. The normalized spacial score (nSPS) is 16.3. The summed E-state index contributed by atoms with van der Waals surface area (Å²) >= 11 is 2.19. The quantitative estimate of drug-likeness (QED) is 0.767. The minimum Gasteiger partial charge on any atom is -0.305 e. The number of hydrogen-bond donors (Lipinski definition) is 2. The Labute approximate surface area is 137 Å². The summed E-state index contributed by atoms with van der Waals surface area (Å²) in [5.41, 5.74) is 2.86. The van der Waals surface area contributed by atoms with E-state index in [0.29, 0.717) is 11.5 Å². The lowest BCUT2D eigenvalue weighted by Gasteiger charge is -2.29. The summed E-state index contributed by atoms with van der Waals surface area (Å²) < 4.78 is 1.03. The van der Waals surface area contributed by atoms with Gasteiger partial charge in [0, 0.05) is 21.0 Å². The fraction of sp³-hybridized carbons (Fsp3) is 0.400. The molecule has 6 heteroatoms. The number of nitrogens with one attached hydrogen (secondary N) is 2. The van der Waals surface area contributed by atoms with E-state index in [0.717, 1.165) is 34.1 Å². The average molecular weight is 396 g/mol. The van der Waals surface area contributed by atoms with Crippen LogP contribution in [0.3, 0.4) is 0 Å². The summed E-state index contributed by atoms with van der Waals surface area (Å²) in [6.45, 7) is 4.46. The van der Waals surface area contributed by atoms with Gasteiger partial charge < -0.3 is 5.32 Å². The summed E-state index contributed by atoms with van der Waals surface area (Å²) in [5.74, 6) is 0.360. The molecule has 5 nitrogen and oxygen atoms in total. The van der Waals surface area contributed by atoms with Crippen LogP contribution in [0.5, 0.6) is 0 Å². The summed E-state index contributed by atoms with van der Waals surface area (Å²) in [7, 11) is 0. The van der Waals surface area contributed by atoms with E-state index in [1.165, 1.54) is 0 Å². The summed E-state index contributed by atoms with van der Waals surface area (Å²) in [6.07, 6.45) is 4.62. The van der Waals surface area contributed by atoms with Crippen molar-refractivity contribution in [1.29, 1.82) is 0 Å². The maximum Gasteiger partial charge on any atom is 0.277 e. The molecule has 0 unspecified atom stereocenters. The van der Waals surface area contributed by atoms with Gasteiger partial charge in [-0.1, -0.05) is 13.8 Å². The number of aromatic nitrogens is 3. The molecule has 2 N–H and O–H groups in total. The topological polar surface area (TPSA) is 70.7 Å². The van der Waals surface area contributed by atoms with E-state index in [4.69, 9.17) is 0 Å². The Morgan fingerprint density at radius 3 is 3.05 bits per heavy atom. The number of aromatic amines is 1. The average Bonchev–Trinajstić information content (AvgIpc) is 2.80. The molecule has 0 radical (unpaired) electrons. The number of rotatable bonds is 2. The number of H-pyrrole nitrogens is 1. The Morgan fingerprint density at radius 2 is 2.29 bits per heavy atom. The van der Waals surface area contributed by atoms with Crippen LogP contribution in [-0.2, 0) is 12.8 Å². The van der Waals surface area contributed by atoms with E-state index < -0.39 is 0 Å². The SMILES string of the molecule is CC1(C)CCc2[nH]nc(C(=O)Nc3cc(I)ccn3)c2C1. The van der Waals surface area contributed by atoms with E-state index in [-0.39, 0.29) is 11.3 Å². The molecule has 1 amide bonds. The van der Waals surface area contributed by atoms with Gasteiger partial charge in [-0.15, -0.1) is 0 Å². The van der Waals surface area contributed by atoms with Crippen LogP contribution in [0.2, 0.25) is 0 Å². The minimum atomic E-state index is -0.195. The van der Waals surface area contributed by atoms with Crippen LogP contribution in [-0.4, -0.2) is 21.1 Å². The van der Waals surface area contributed by atoms with Crippen LogP contribution in [0.1, 0.15) is 42.0 Å². The second-order valence-electron chi connectivity index (χ2n) is 6.18. The number of carbonyl (C=O) groups is 1. The number of carbonyl (C=O) groups excluding carboxylic acids is 1. The van der Waals surface area contributed by atoms with Gasteiger partial charge in [-0.05, 0) is 59.4 Å². The Kier molecular flexibility index (Phi) is 3.73. The van der Waals surface area contributed by atoms with Crippen LogP contribution in [0.15, 0.2) is 18.3 Å². The molecular formula is C15H17IN4O. The van der Waals surface area contributed by atoms with Gasteiger partial charge in [0.05, 0.1) is 0 Å². The lowest BCUT2D eigenvalue weighted by atomic mass is 9.76. The first-order chi connectivity index (χ1) is 9.94. The van der Waals surface area contributed by atoms with Crippen molar-refractivity contribution in [1.82, 2.24) is 15.2 Å². The zero-order chi connectivity index (χ0) is 15.0. The Hall–Kier alpha value is -1.44. The molecule has 1 aliphatic rings. The van der Waals surface area contributed by atoms with Crippen LogP contribution < -0.4 is 5.32 Å². The molecule has 2 aromatic heterocycles. The van der Waals surface area contributed by atoms with Gasteiger partial charge in [-0.3, -0.25) is 9.89 Å². The Morgan fingerprint density at radius 1 is 1.48 bits per heavy atom. The standard InChI is InChI=1S/C15H17IN4O/c1-15(2)5-3-11-10(8-15)13(20-19-11)14(21)18-12-7-9(16)4-6-17-12/h4,6-7H,3,5,8H2,1-2H3,(H,19,20)(H,17,18,21). The smallest absolute Gasteiger partial charge is 0.277 e. The van der Waals surface area contributed by atoms with Crippen LogP contribution in [0.4, 0.5) is 5.82 Å². The highest BCUT2D eigenvalue weighted by Crippen LogP contribution is 2.35. The van der Waals surface area contributed by atoms with Gasteiger partial charge in [0.15, 0.2) is 5.69 Å². The molecule has 0 atom stereocenters. The fourth-order valence-electron chi connectivity index (χ4n) is 2.67. The van der Waals surface area contributed by atoms with Gasteiger partial charge in [-0.2, -0.15) is 5.10 Å². The van der Waals surface area contributed by atoms with Crippen molar-refractivity contribution in [3.8, 4) is 0 Å². The van der Waals surface area contributed by atoms with Crippen LogP contribution in [0.25, 0.3) is 0 Å². The zero-order valence-corrected chi connectivity index (χ0v) is 14.2. The Balaban J connectivity index is 1.85. The van der Waals surface area contributed by atoms with Crippen LogP contribution in [0, 0.1) is 8.99 Å². The molecule has 0 fully saturated rings. The number of nitrogens with zero attached hydrogens (tertiary/aromatic N) is 2. The number of aryl methyl sites for hydroxylation is 1. The van der Waals surface area contributed by atoms with Crippen molar-refractivity contribution >= 4 is 34.3 Å². The zero-order valence-electron chi connectivity index (χ0n) is 12.0. The molecule has 0 aliphatic heterocycles. The molecule has 0 aromatic carbocycles. The van der Waals surface area contributed by atoms with Crippen molar-refractivity contribution in [3.63, 3.8) is 0 Å². The van der Waals surface area contributed by atoms with Crippen molar-refractivity contribution in [2.24, 2.45) is 5.41 Å². The first kappa shape index (κ1) is 14.5. The molecule has 2 aromatic rings. The predicted octanol–water partition coefficient (Wildman–Crippen LogP) is 3.18. The number of amides is 1. The van der Waals surface area contributed by atoms with Crippen molar-refractivity contribution in [2.75, 3.05) is 5.32 Å². The molecule has 3 rings (SSSR count). The number of pyridine rings is 1. The number of anilines is 1. The second-order valence-corrected chi connectivity index (χ2v) is 7.43. The summed E-state index contributed by atoms with van der Waals surface area (Å²) in [6, 6.07) is 3.72. The molecule has 21 heavy (non-hydrogen) atoms. The van der Waals surface area contributed by atoms with Gasteiger partial charge in [0.1, 0.15) is 5.82 Å². The summed E-state index contributed by atoms with van der Waals surface area (Å²) in [5, 5.41) is 10.0. The molecule has 1 aliphatic carbocycles. The largest absolute Gasteiger partial charge is 0.305 e. The van der Waals surface area contributed by atoms with E-state index >= 15 is 0 Å². The van der Waals surface area contributed by atoms with E-state index in [1.807, 2.05) is 12.1 Å². The fourth-order valence-corrected chi connectivity index (χ4v) is 3.12. The second kappa shape index (κ2) is 5.40. The monoisotopic (exact) mass is 396 g/mol. The Bertz CT molecular complexity index is 693. The molecule has 0 saturated carbocycles. The molecule has 110 valence electrons. The molecule has 0 saturated heterocycles. The molecule has 2 heterocycles. The lowest BCUT2D eigenvalue weighted by Crippen LogP contribution is -2.24. The van der Waals surface area contributed by atoms with Crippen LogP contribution >= 0.6 is 22.6 Å². The highest BCUT2D eigenvalue weighted by molar-refractivity contribution is 14.1. The lowest BCUT2D eigenvalue weighted by molar-refractivity contribution is 0.102. The summed E-state index contributed by atoms with van der Waals surface area (Å²) in [4.78, 5) is 16.6. The number of hydrogen-bond acceptors (Lipinski definition) is 3. The van der Waals surface area contributed by atoms with E-state index in [2.05, 4.69) is 56.9 Å². The van der Waals surface area contributed by atoms with Gasteiger partial charge >= 0.3 is 0 Å². The van der Waals surface area contributed by atoms with Gasteiger partial charge in [-0.25, -0.2) is 4.98 Å². The first-order valence-corrected chi connectivity index (χ1v) is 8.01. The third-order valence-corrected chi connectivity index (χ3v) is 4.51. The molecule has 0 spiro atoms. The van der Waals surface area contributed by atoms with E-state index in [1.54, 1.807) is 6.20 Å². The van der Waals surface area contributed by atoms with Gasteiger partial charge in [0.2, 0.25) is 0 Å². The van der Waals surface area contributed by atoms with Crippen molar-refractivity contribution < 1.29 is 4.79 Å².